The van der Waals surface area contributed by atoms with Crippen LogP contribution in [-0.4, -0.2) is 32.8 Å². The molecule has 0 heterocycles. The van der Waals surface area contributed by atoms with E-state index in [1.807, 2.05) is 0 Å². The topological polar surface area (TPSA) is 72.8 Å². The third-order valence-corrected chi connectivity index (χ3v) is 3.07. The maximum atomic E-state index is 10.2. The third kappa shape index (κ3) is 15.8. The molecule has 0 bridgehead atoms. The highest BCUT2D eigenvalue weighted by molar-refractivity contribution is 7.80. The van der Waals surface area contributed by atoms with E-state index in [9.17, 15) is 8.42 Å². The Morgan fingerprint density at radius 2 is 1.39 bits per heavy atom. The molecule has 0 amide bonds. The molecule has 0 aliphatic heterocycles. The number of unbranched alkanes of at least 4 members (excludes halogenated alkanes) is 7. The molecular weight excluding hydrogens is 256 g/mol. The van der Waals surface area contributed by atoms with E-state index in [1.165, 1.54) is 38.5 Å². The zero-order chi connectivity index (χ0) is 13.7. The lowest BCUT2D eigenvalue weighted by atomic mass is 10.1. The van der Waals surface area contributed by atoms with Gasteiger partial charge in [-0.25, -0.2) is 4.18 Å². The summed E-state index contributed by atoms with van der Waals surface area (Å²) in [5, 5.41) is 0. The van der Waals surface area contributed by atoms with Crippen molar-refractivity contribution >= 4 is 10.4 Å². The molecule has 5 nitrogen and oxygen atoms in total. The first kappa shape index (κ1) is 17.8. The van der Waals surface area contributed by atoms with Crippen LogP contribution >= 0.6 is 0 Å². The second-order valence-corrected chi connectivity index (χ2v) is 5.43. The van der Waals surface area contributed by atoms with Gasteiger partial charge in [0.25, 0.3) is 0 Å². The van der Waals surface area contributed by atoms with E-state index in [-0.39, 0.29) is 13.2 Å². The van der Waals surface area contributed by atoms with Crippen LogP contribution in [0.25, 0.3) is 0 Å². The van der Waals surface area contributed by atoms with Gasteiger partial charge in [0.05, 0.1) is 13.2 Å². The molecule has 6 heteroatoms. The fourth-order valence-corrected chi connectivity index (χ4v) is 1.92. The van der Waals surface area contributed by atoms with Gasteiger partial charge in [0.15, 0.2) is 0 Å². The van der Waals surface area contributed by atoms with Gasteiger partial charge in [0.2, 0.25) is 0 Å². The molecule has 0 aliphatic carbocycles. The molecule has 0 atom stereocenters. The van der Waals surface area contributed by atoms with Crippen molar-refractivity contribution in [3.8, 4) is 0 Å². The second kappa shape index (κ2) is 11.9. The van der Waals surface area contributed by atoms with Crippen LogP contribution in [0.15, 0.2) is 0 Å². The van der Waals surface area contributed by atoms with Crippen molar-refractivity contribution in [1.82, 2.24) is 0 Å². The molecule has 0 fully saturated rings. The fourth-order valence-electron chi connectivity index (χ4n) is 1.64. The second-order valence-electron chi connectivity index (χ2n) is 4.34. The normalized spacial score (nSPS) is 11.9. The number of rotatable bonds is 13. The van der Waals surface area contributed by atoms with Crippen molar-refractivity contribution in [2.75, 3.05) is 19.8 Å². The molecule has 0 spiro atoms. The van der Waals surface area contributed by atoms with Crippen molar-refractivity contribution in [2.45, 2.75) is 58.3 Å². The van der Waals surface area contributed by atoms with Gasteiger partial charge in [0, 0.05) is 6.61 Å². The van der Waals surface area contributed by atoms with Crippen molar-refractivity contribution in [3.05, 3.63) is 0 Å². The van der Waals surface area contributed by atoms with Crippen LogP contribution in [0.2, 0.25) is 0 Å². The summed E-state index contributed by atoms with van der Waals surface area (Å²) < 4.78 is 37.9. The number of ether oxygens (including phenoxy) is 1. The first-order valence-electron chi connectivity index (χ1n) is 6.76. The van der Waals surface area contributed by atoms with Gasteiger partial charge in [-0.15, -0.1) is 0 Å². The highest BCUT2D eigenvalue weighted by Crippen LogP contribution is 2.08. The summed E-state index contributed by atoms with van der Waals surface area (Å²) in [6.07, 6.45) is 9.90. The van der Waals surface area contributed by atoms with Gasteiger partial charge < -0.3 is 4.74 Å². The first-order valence-corrected chi connectivity index (χ1v) is 8.12. The van der Waals surface area contributed by atoms with Crippen molar-refractivity contribution in [3.63, 3.8) is 0 Å². The van der Waals surface area contributed by atoms with Gasteiger partial charge in [-0.05, 0) is 6.42 Å². The lowest BCUT2D eigenvalue weighted by Crippen LogP contribution is -2.10. The zero-order valence-corrected chi connectivity index (χ0v) is 12.1. The van der Waals surface area contributed by atoms with Crippen LogP contribution in [0.4, 0.5) is 0 Å². The molecular formula is C12H26O5S. The monoisotopic (exact) mass is 282 g/mol. The van der Waals surface area contributed by atoms with Crippen LogP contribution in [0.3, 0.4) is 0 Å². The van der Waals surface area contributed by atoms with Crippen LogP contribution in [0.5, 0.6) is 0 Å². The maximum absolute atomic E-state index is 10.2. The summed E-state index contributed by atoms with van der Waals surface area (Å²) in [4.78, 5) is 0. The molecule has 0 aromatic rings. The van der Waals surface area contributed by atoms with Crippen molar-refractivity contribution in [2.24, 2.45) is 0 Å². The van der Waals surface area contributed by atoms with Gasteiger partial charge in [-0.1, -0.05) is 51.9 Å². The molecule has 0 aromatic carbocycles. The molecule has 0 aromatic heterocycles. The zero-order valence-electron chi connectivity index (χ0n) is 11.3. The fraction of sp³-hybridized carbons (Fsp3) is 1.00. The molecule has 18 heavy (non-hydrogen) atoms. The molecule has 1 N–H and O–H groups in total. The standard InChI is InChI=1S/C12H26O5S/c1-2-3-4-5-6-7-8-9-10-16-11-12-17-18(13,14)15/h2-12H2,1H3,(H,13,14,15). The molecule has 0 saturated carbocycles. The average Bonchev–Trinajstić information content (AvgIpc) is 2.29. The van der Waals surface area contributed by atoms with Gasteiger partial charge >= 0.3 is 10.4 Å². The van der Waals surface area contributed by atoms with Crippen molar-refractivity contribution in [1.29, 1.82) is 0 Å². The van der Waals surface area contributed by atoms with Crippen LogP contribution in [0, 0.1) is 0 Å². The van der Waals surface area contributed by atoms with Crippen molar-refractivity contribution < 1.29 is 21.9 Å². The van der Waals surface area contributed by atoms with E-state index < -0.39 is 10.4 Å². The van der Waals surface area contributed by atoms with Crippen LogP contribution in [0.1, 0.15) is 58.3 Å². The quantitative estimate of drug-likeness (QED) is 0.415. The molecule has 0 radical (unpaired) electrons. The summed E-state index contributed by atoms with van der Waals surface area (Å²) in [6.45, 7) is 2.89. The van der Waals surface area contributed by atoms with Gasteiger partial charge in [0.1, 0.15) is 0 Å². The molecule has 0 rings (SSSR count). The molecule has 110 valence electrons. The Balaban J connectivity index is 3.03. The number of hydrogen-bond acceptors (Lipinski definition) is 4. The smallest absolute Gasteiger partial charge is 0.379 e. The van der Waals surface area contributed by atoms with Crippen LogP contribution in [-0.2, 0) is 19.3 Å². The highest BCUT2D eigenvalue weighted by Gasteiger charge is 2.02. The maximum Gasteiger partial charge on any atom is 0.397 e. The Morgan fingerprint density at radius 3 is 1.94 bits per heavy atom. The average molecular weight is 282 g/mol. The predicted octanol–water partition coefficient (Wildman–Crippen LogP) is 2.96. The lowest BCUT2D eigenvalue weighted by Gasteiger charge is -2.04. The Hall–Kier alpha value is -0.170. The Kier molecular flexibility index (Phi) is 11.8. The van der Waals surface area contributed by atoms with E-state index in [4.69, 9.17) is 9.29 Å². The third-order valence-electron chi connectivity index (χ3n) is 2.60. The van der Waals surface area contributed by atoms with Gasteiger partial charge in [-0.3, -0.25) is 4.55 Å². The molecule has 0 saturated heterocycles. The lowest BCUT2D eigenvalue weighted by molar-refractivity contribution is 0.0945. The number of hydrogen-bond donors (Lipinski definition) is 1. The first-order chi connectivity index (χ1) is 8.56. The van der Waals surface area contributed by atoms with E-state index >= 15 is 0 Å². The largest absolute Gasteiger partial charge is 0.397 e. The van der Waals surface area contributed by atoms with Gasteiger partial charge in [-0.2, -0.15) is 8.42 Å². The predicted molar refractivity (Wildman–Crippen MR) is 70.9 cm³/mol. The summed E-state index contributed by atoms with van der Waals surface area (Å²) in [5.74, 6) is 0. The summed E-state index contributed by atoms with van der Waals surface area (Å²) in [7, 11) is -4.32. The minimum atomic E-state index is -4.32. The molecule has 0 aliphatic rings. The summed E-state index contributed by atoms with van der Waals surface area (Å²) in [6, 6.07) is 0. The SMILES string of the molecule is CCCCCCCCCCOCCOS(=O)(=O)O. The minimum Gasteiger partial charge on any atom is -0.379 e. The Bertz CT molecular complexity index is 264. The van der Waals surface area contributed by atoms with Crippen LogP contribution < -0.4 is 0 Å². The minimum absolute atomic E-state index is 0.129. The Morgan fingerprint density at radius 1 is 0.833 bits per heavy atom. The Labute approximate surface area is 111 Å². The summed E-state index contributed by atoms with van der Waals surface area (Å²) >= 11 is 0. The van der Waals surface area contributed by atoms with E-state index in [2.05, 4.69) is 11.1 Å². The van der Waals surface area contributed by atoms with E-state index in [1.54, 1.807) is 0 Å². The highest BCUT2D eigenvalue weighted by atomic mass is 32.3. The van der Waals surface area contributed by atoms with E-state index in [0.717, 1.165) is 12.8 Å². The molecule has 0 unspecified atom stereocenters. The summed E-state index contributed by atoms with van der Waals surface area (Å²) in [5.41, 5.74) is 0. The van der Waals surface area contributed by atoms with E-state index in [0.29, 0.717) is 6.61 Å².